The van der Waals surface area contributed by atoms with Crippen LogP contribution < -0.4 is 10.5 Å². The van der Waals surface area contributed by atoms with E-state index in [9.17, 15) is 4.39 Å². The first-order valence-electron chi connectivity index (χ1n) is 5.68. The van der Waals surface area contributed by atoms with Crippen molar-refractivity contribution in [3.63, 3.8) is 0 Å². The molecule has 1 aliphatic heterocycles. The fourth-order valence-electron chi connectivity index (χ4n) is 2.06. The topological polar surface area (TPSA) is 50.8 Å². The zero-order valence-electron chi connectivity index (χ0n) is 10.3. The number of guanidine groups is 1. The van der Waals surface area contributed by atoms with E-state index in [0.717, 1.165) is 5.56 Å². The summed E-state index contributed by atoms with van der Waals surface area (Å²) in [6.45, 7) is 4.81. The van der Waals surface area contributed by atoms with Crippen LogP contribution in [-0.4, -0.2) is 31.1 Å². The van der Waals surface area contributed by atoms with Crippen molar-refractivity contribution < 1.29 is 9.13 Å². The number of aliphatic imine (C=N–C) groups is 1. The van der Waals surface area contributed by atoms with Crippen LogP contribution in [0.2, 0.25) is 0 Å². The second-order valence-corrected chi connectivity index (χ2v) is 4.05. The molecule has 0 saturated carbocycles. The molecule has 96 valence electrons. The van der Waals surface area contributed by atoms with Gasteiger partial charge in [0.15, 0.2) is 17.5 Å². The Morgan fingerprint density at radius 2 is 2.44 bits per heavy atom. The molecule has 0 radical (unpaired) electrons. The van der Waals surface area contributed by atoms with Gasteiger partial charge in [0.25, 0.3) is 0 Å². The normalized spacial score (nSPS) is 18.7. The predicted octanol–water partition coefficient (Wildman–Crippen LogP) is 1.69. The Bertz CT molecular complexity index is 487. The molecule has 2 N–H and O–H groups in total. The van der Waals surface area contributed by atoms with E-state index in [0.29, 0.717) is 19.0 Å². The van der Waals surface area contributed by atoms with Gasteiger partial charge in [-0.1, -0.05) is 12.1 Å². The van der Waals surface area contributed by atoms with E-state index < -0.39 is 0 Å². The summed E-state index contributed by atoms with van der Waals surface area (Å²) in [6, 6.07) is 4.87. The van der Waals surface area contributed by atoms with Crippen LogP contribution in [0.25, 0.3) is 0 Å². The van der Waals surface area contributed by atoms with Crippen molar-refractivity contribution in [1.29, 1.82) is 0 Å². The number of halogens is 1. The van der Waals surface area contributed by atoms with Gasteiger partial charge in [-0.25, -0.2) is 4.39 Å². The molecule has 1 aromatic rings. The molecule has 0 amide bonds. The highest BCUT2D eigenvalue weighted by Crippen LogP contribution is 2.28. The zero-order chi connectivity index (χ0) is 13.1. The first kappa shape index (κ1) is 12.4. The molecule has 1 unspecified atom stereocenters. The van der Waals surface area contributed by atoms with Crippen LogP contribution in [0, 0.1) is 5.82 Å². The van der Waals surface area contributed by atoms with Crippen molar-refractivity contribution in [2.75, 3.05) is 20.2 Å². The third kappa shape index (κ3) is 2.16. The van der Waals surface area contributed by atoms with Gasteiger partial charge in [0.05, 0.1) is 19.7 Å². The monoisotopic (exact) mass is 249 g/mol. The highest BCUT2D eigenvalue weighted by Gasteiger charge is 2.27. The van der Waals surface area contributed by atoms with Gasteiger partial charge in [-0.15, -0.1) is 6.58 Å². The first-order valence-corrected chi connectivity index (χ1v) is 5.68. The lowest BCUT2D eigenvalue weighted by Gasteiger charge is -2.25. The van der Waals surface area contributed by atoms with Crippen LogP contribution >= 0.6 is 0 Å². The summed E-state index contributed by atoms with van der Waals surface area (Å²) < 4.78 is 18.6. The number of methoxy groups -OCH3 is 1. The summed E-state index contributed by atoms with van der Waals surface area (Å²) in [7, 11) is 1.44. The van der Waals surface area contributed by atoms with Crippen molar-refractivity contribution in [2.24, 2.45) is 10.7 Å². The molecular weight excluding hydrogens is 233 g/mol. The first-order chi connectivity index (χ1) is 8.67. The van der Waals surface area contributed by atoms with E-state index in [2.05, 4.69) is 11.6 Å². The van der Waals surface area contributed by atoms with E-state index in [1.807, 2.05) is 11.0 Å². The van der Waals surface area contributed by atoms with Crippen LogP contribution in [-0.2, 0) is 0 Å². The smallest absolute Gasteiger partial charge is 0.192 e. The predicted molar refractivity (Wildman–Crippen MR) is 69.1 cm³/mol. The molecule has 18 heavy (non-hydrogen) atoms. The van der Waals surface area contributed by atoms with E-state index in [4.69, 9.17) is 10.5 Å². The van der Waals surface area contributed by atoms with E-state index in [1.165, 1.54) is 13.2 Å². The Morgan fingerprint density at radius 1 is 1.67 bits per heavy atom. The van der Waals surface area contributed by atoms with Crippen LogP contribution in [0.5, 0.6) is 5.75 Å². The maximum absolute atomic E-state index is 13.7. The molecule has 1 aromatic carbocycles. The van der Waals surface area contributed by atoms with Gasteiger partial charge in [0.1, 0.15) is 0 Å². The highest BCUT2D eigenvalue weighted by molar-refractivity contribution is 5.80. The second kappa shape index (κ2) is 5.08. The SMILES string of the molecule is C=CCN1C(N)=NCC1c1ccc(OC)c(F)c1. The van der Waals surface area contributed by atoms with Crippen molar-refractivity contribution in [3.8, 4) is 5.75 Å². The Balaban J connectivity index is 2.26. The Morgan fingerprint density at radius 3 is 3.06 bits per heavy atom. The molecule has 2 rings (SSSR count). The molecule has 0 bridgehead atoms. The summed E-state index contributed by atoms with van der Waals surface area (Å²) in [4.78, 5) is 6.08. The van der Waals surface area contributed by atoms with Gasteiger partial charge < -0.3 is 15.4 Å². The Kier molecular flexibility index (Phi) is 3.50. The lowest BCUT2D eigenvalue weighted by atomic mass is 10.1. The van der Waals surface area contributed by atoms with Gasteiger partial charge >= 0.3 is 0 Å². The average Bonchev–Trinajstić information content (AvgIpc) is 2.72. The summed E-state index contributed by atoms with van der Waals surface area (Å²) in [5.74, 6) is 0.330. The molecule has 0 saturated heterocycles. The van der Waals surface area contributed by atoms with Gasteiger partial charge in [0.2, 0.25) is 0 Å². The van der Waals surface area contributed by atoms with E-state index in [-0.39, 0.29) is 17.6 Å². The third-order valence-corrected chi connectivity index (χ3v) is 2.98. The average molecular weight is 249 g/mol. The summed E-state index contributed by atoms with van der Waals surface area (Å²) in [5, 5.41) is 0. The third-order valence-electron chi connectivity index (χ3n) is 2.98. The largest absolute Gasteiger partial charge is 0.494 e. The number of rotatable bonds is 4. The van der Waals surface area contributed by atoms with Crippen LogP contribution in [0.15, 0.2) is 35.8 Å². The number of hydrogen-bond acceptors (Lipinski definition) is 4. The molecule has 4 nitrogen and oxygen atoms in total. The molecular formula is C13H16FN3O. The molecule has 0 spiro atoms. The van der Waals surface area contributed by atoms with E-state index >= 15 is 0 Å². The minimum atomic E-state index is -0.376. The summed E-state index contributed by atoms with van der Waals surface area (Å²) >= 11 is 0. The lowest BCUT2D eigenvalue weighted by molar-refractivity contribution is 0.370. The van der Waals surface area contributed by atoms with Crippen molar-refractivity contribution >= 4 is 5.96 Å². The van der Waals surface area contributed by atoms with Gasteiger partial charge in [-0.3, -0.25) is 4.99 Å². The minimum absolute atomic E-state index is 0.0385. The Labute approximate surface area is 106 Å². The van der Waals surface area contributed by atoms with Crippen LogP contribution in [0.1, 0.15) is 11.6 Å². The molecule has 0 aliphatic carbocycles. The molecule has 5 heteroatoms. The number of benzene rings is 1. The second-order valence-electron chi connectivity index (χ2n) is 4.05. The van der Waals surface area contributed by atoms with Crippen LogP contribution in [0.4, 0.5) is 4.39 Å². The molecule has 0 fully saturated rings. The summed E-state index contributed by atoms with van der Waals surface area (Å²) in [6.07, 6.45) is 1.75. The fraction of sp³-hybridized carbons (Fsp3) is 0.308. The molecule has 1 atom stereocenters. The minimum Gasteiger partial charge on any atom is -0.494 e. The van der Waals surface area contributed by atoms with Crippen molar-refractivity contribution in [1.82, 2.24) is 4.90 Å². The van der Waals surface area contributed by atoms with E-state index in [1.54, 1.807) is 12.1 Å². The van der Waals surface area contributed by atoms with Gasteiger partial charge in [-0.05, 0) is 17.7 Å². The highest BCUT2D eigenvalue weighted by atomic mass is 19.1. The number of nitrogens with two attached hydrogens (primary N) is 1. The quantitative estimate of drug-likeness (QED) is 0.826. The summed E-state index contributed by atoms with van der Waals surface area (Å²) in [5.41, 5.74) is 6.63. The fourth-order valence-corrected chi connectivity index (χ4v) is 2.06. The number of nitrogens with zero attached hydrogens (tertiary/aromatic N) is 2. The van der Waals surface area contributed by atoms with Crippen molar-refractivity contribution in [2.45, 2.75) is 6.04 Å². The number of hydrogen-bond donors (Lipinski definition) is 1. The maximum Gasteiger partial charge on any atom is 0.192 e. The Hall–Kier alpha value is -2.04. The maximum atomic E-state index is 13.7. The molecule has 1 heterocycles. The van der Waals surface area contributed by atoms with Gasteiger partial charge in [-0.2, -0.15) is 0 Å². The lowest BCUT2D eigenvalue weighted by Crippen LogP contribution is -2.36. The molecule has 1 aliphatic rings. The van der Waals surface area contributed by atoms with Crippen molar-refractivity contribution in [3.05, 3.63) is 42.2 Å². The number of ether oxygens (including phenoxy) is 1. The van der Waals surface area contributed by atoms with Gasteiger partial charge in [0, 0.05) is 6.54 Å². The van der Waals surface area contributed by atoms with Crippen LogP contribution in [0.3, 0.4) is 0 Å². The zero-order valence-corrected chi connectivity index (χ0v) is 10.3. The standard InChI is InChI=1S/C13H16FN3O/c1-3-6-17-11(8-16-13(17)15)9-4-5-12(18-2)10(14)7-9/h3-5,7,11H,1,6,8H2,2H3,(H2,15,16). The molecule has 0 aromatic heterocycles.